The lowest BCUT2D eigenvalue weighted by Crippen LogP contribution is -2.53. The van der Waals surface area contributed by atoms with E-state index in [0.29, 0.717) is 32.0 Å². The topological polar surface area (TPSA) is 63.2 Å². The van der Waals surface area contributed by atoms with Crippen LogP contribution in [0.3, 0.4) is 0 Å². The summed E-state index contributed by atoms with van der Waals surface area (Å²) in [7, 11) is 0. The summed E-state index contributed by atoms with van der Waals surface area (Å²) < 4.78 is 27.8. The summed E-state index contributed by atoms with van der Waals surface area (Å²) in [5.74, 6) is -2.12. The second-order valence-electron chi connectivity index (χ2n) is 4.46. The Morgan fingerprint density at radius 3 is 1.87 bits per heavy atom. The van der Waals surface area contributed by atoms with Crippen molar-refractivity contribution in [3.63, 3.8) is 0 Å². The Hall–Kier alpha value is -1.47. The number of ether oxygens (including phenoxy) is 5. The number of benzene rings is 1. The summed E-state index contributed by atoms with van der Waals surface area (Å²) >= 11 is 0. The van der Waals surface area contributed by atoms with Crippen molar-refractivity contribution in [3.05, 3.63) is 35.9 Å². The van der Waals surface area contributed by atoms with Crippen LogP contribution in [0, 0.1) is 0 Å². The van der Waals surface area contributed by atoms with Gasteiger partial charge in [0.25, 0.3) is 6.29 Å². The van der Waals surface area contributed by atoms with Crippen LogP contribution in [0.5, 0.6) is 0 Å². The van der Waals surface area contributed by atoms with Gasteiger partial charge in [0.2, 0.25) is 0 Å². The molecule has 1 atom stereocenters. The Balaban J connectivity index is 3.01. The van der Waals surface area contributed by atoms with E-state index in [1.807, 2.05) is 6.07 Å². The molecule has 0 bridgehead atoms. The van der Waals surface area contributed by atoms with E-state index in [-0.39, 0.29) is 0 Å². The van der Waals surface area contributed by atoms with Crippen LogP contribution >= 0.6 is 0 Å². The summed E-state index contributed by atoms with van der Waals surface area (Å²) in [5, 5.41) is 0. The van der Waals surface area contributed by atoms with Crippen molar-refractivity contribution in [3.8, 4) is 0 Å². The first-order valence-electron chi connectivity index (χ1n) is 7.92. The average molecular weight is 326 g/mol. The third-order valence-corrected chi connectivity index (χ3v) is 2.87. The second-order valence-corrected chi connectivity index (χ2v) is 4.46. The summed E-state index contributed by atoms with van der Waals surface area (Å²) in [6.45, 7) is 8.43. The third-order valence-electron chi connectivity index (χ3n) is 2.87. The molecule has 0 spiro atoms. The molecular weight excluding hydrogens is 300 g/mol. The zero-order valence-electron chi connectivity index (χ0n) is 14.2. The summed E-state index contributed by atoms with van der Waals surface area (Å²) in [6, 6.07) is 8.66. The Kier molecular flexibility index (Phi) is 8.79. The first-order valence-corrected chi connectivity index (χ1v) is 7.92. The minimum Gasteiger partial charge on any atom is -0.423 e. The van der Waals surface area contributed by atoms with Crippen molar-refractivity contribution >= 4 is 5.97 Å². The number of carbonyl (C=O) groups is 1. The Morgan fingerprint density at radius 1 is 0.913 bits per heavy atom. The molecule has 0 saturated heterocycles. The highest BCUT2D eigenvalue weighted by molar-refractivity contribution is 5.89. The summed E-state index contributed by atoms with van der Waals surface area (Å²) in [5.41, 5.74) is 0.413. The molecule has 6 heteroatoms. The molecule has 1 rings (SSSR count). The normalized spacial score (nSPS) is 12.9. The van der Waals surface area contributed by atoms with Gasteiger partial charge in [-0.15, -0.1) is 0 Å². The van der Waals surface area contributed by atoms with Gasteiger partial charge in [-0.05, 0) is 39.8 Å². The van der Waals surface area contributed by atoms with Crippen LogP contribution in [-0.2, 0) is 23.7 Å². The molecule has 0 amide bonds. The van der Waals surface area contributed by atoms with E-state index in [2.05, 4.69) is 0 Å². The number of carbonyl (C=O) groups excluding carboxylic acids is 1. The van der Waals surface area contributed by atoms with E-state index in [1.165, 1.54) is 0 Å². The van der Waals surface area contributed by atoms with Crippen LogP contribution in [-0.4, -0.2) is 44.7 Å². The fourth-order valence-electron chi connectivity index (χ4n) is 2.03. The molecule has 0 radical (unpaired) electrons. The highest BCUT2D eigenvalue weighted by Crippen LogP contribution is 2.25. The number of rotatable bonds is 11. The van der Waals surface area contributed by atoms with Gasteiger partial charge in [0.1, 0.15) is 0 Å². The Morgan fingerprint density at radius 2 is 1.43 bits per heavy atom. The first kappa shape index (κ1) is 19.6. The van der Waals surface area contributed by atoms with Crippen molar-refractivity contribution in [1.29, 1.82) is 0 Å². The molecular formula is C17H26O6. The predicted octanol–water partition coefficient (Wildman–Crippen LogP) is 2.97. The highest BCUT2D eigenvalue weighted by Gasteiger charge is 2.46. The molecule has 0 N–H and O–H groups in total. The highest BCUT2D eigenvalue weighted by atomic mass is 16.9. The second kappa shape index (κ2) is 10.3. The van der Waals surface area contributed by atoms with E-state index in [1.54, 1.807) is 52.0 Å². The largest absolute Gasteiger partial charge is 0.423 e. The van der Waals surface area contributed by atoms with Crippen LogP contribution in [0.15, 0.2) is 30.3 Å². The summed E-state index contributed by atoms with van der Waals surface area (Å²) in [6.07, 6.45) is -1.14. The van der Waals surface area contributed by atoms with Crippen LogP contribution < -0.4 is 0 Å². The molecule has 0 aliphatic carbocycles. The van der Waals surface area contributed by atoms with Crippen molar-refractivity contribution in [2.75, 3.05) is 26.4 Å². The minimum absolute atomic E-state index is 0.307. The number of esters is 1. The molecule has 0 aliphatic rings. The van der Waals surface area contributed by atoms with Crippen LogP contribution in [0.25, 0.3) is 0 Å². The van der Waals surface area contributed by atoms with Crippen LogP contribution in [0.1, 0.15) is 38.1 Å². The zero-order chi connectivity index (χ0) is 17.1. The van der Waals surface area contributed by atoms with E-state index >= 15 is 0 Å². The smallest absolute Gasteiger partial charge is 0.349 e. The molecule has 0 aromatic heterocycles. The van der Waals surface area contributed by atoms with Gasteiger partial charge in [0.05, 0.1) is 5.56 Å². The van der Waals surface area contributed by atoms with Crippen LogP contribution in [0.4, 0.5) is 0 Å². The zero-order valence-corrected chi connectivity index (χ0v) is 14.2. The van der Waals surface area contributed by atoms with E-state index in [9.17, 15) is 4.79 Å². The van der Waals surface area contributed by atoms with Gasteiger partial charge in [0, 0.05) is 26.4 Å². The maximum atomic E-state index is 12.3. The molecule has 0 fully saturated rings. The molecule has 6 nitrogen and oxygen atoms in total. The maximum Gasteiger partial charge on any atom is 0.349 e. The molecule has 1 unspecified atom stereocenters. The van der Waals surface area contributed by atoms with Crippen LogP contribution in [0.2, 0.25) is 0 Å². The Bertz CT molecular complexity index is 431. The first-order chi connectivity index (χ1) is 11.1. The lowest BCUT2D eigenvalue weighted by atomic mass is 10.2. The van der Waals surface area contributed by atoms with Gasteiger partial charge in [-0.3, -0.25) is 0 Å². The quantitative estimate of drug-likeness (QED) is 0.460. The fraction of sp³-hybridized carbons (Fsp3) is 0.588. The van der Waals surface area contributed by atoms with Gasteiger partial charge in [-0.2, -0.15) is 0 Å². The van der Waals surface area contributed by atoms with Crippen molar-refractivity contribution in [2.24, 2.45) is 0 Å². The minimum atomic E-state index is -1.58. The molecule has 0 aliphatic heterocycles. The summed E-state index contributed by atoms with van der Waals surface area (Å²) in [4.78, 5) is 12.3. The van der Waals surface area contributed by atoms with Gasteiger partial charge in [-0.1, -0.05) is 18.2 Å². The molecule has 1 aromatic carbocycles. The lowest BCUT2D eigenvalue weighted by Gasteiger charge is -2.37. The molecule has 23 heavy (non-hydrogen) atoms. The SMILES string of the molecule is CCOC(OC(=O)c1ccccc1)C(OCC)(OCC)OCC. The standard InChI is InChI=1S/C17H26O6/c1-5-19-16(17(20-6-2,21-7-3)22-8-4)23-15(18)14-12-10-9-11-13-14/h9-13,16H,5-8H2,1-4H3. The van der Waals surface area contributed by atoms with E-state index < -0.39 is 18.2 Å². The van der Waals surface area contributed by atoms with Gasteiger partial charge < -0.3 is 23.7 Å². The average Bonchev–Trinajstić information content (AvgIpc) is 2.56. The molecule has 0 saturated carbocycles. The van der Waals surface area contributed by atoms with Gasteiger partial charge in [-0.25, -0.2) is 4.79 Å². The van der Waals surface area contributed by atoms with Gasteiger partial charge >= 0.3 is 11.9 Å². The molecule has 130 valence electrons. The molecule has 0 heterocycles. The van der Waals surface area contributed by atoms with Crippen molar-refractivity contribution in [2.45, 2.75) is 40.0 Å². The fourth-order valence-corrected chi connectivity index (χ4v) is 2.03. The third kappa shape index (κ3) is 5.58. The molecule has 1 aromatic rings. The predicted molar refractivity (Wildman–Crippen MR) is 84.9 cm³/mol. The number of hydrogen-bond donors (Lipinski definition) is 0. The van der Waals surface area contributed by atoms with Gasteiger partial charge in [0.15, 0.2) is 0 Å². The van der Waals surface area contributed by atoms with E-state index in [0.717, 1.165) is 0 Å². The Labute approximate surface area is 137 Å². The van der Waals surface area contributed by atoms with E-state index in [4.69, 9.17) is 23.7 Å². The monoisotopic (exact) mass is 326 g/mol. The van der Waals surface area contributed by atoms with Crippen molar-refractivity contribution < 1.29 is 28.5 Å². The lowest BCUT2D eigenvalue weighted by molar-refractivity contribution is -0.445. The number of hydrogen-bond acceptors (Lipinski definition) is 6. The maximum absolute atomic E-state index is 12.3. The van der Waals surface area contributed by atoms with Crippen molar-refractivity contribution in [1.82, 2.24) is 0 Å².